The molecule has 178 valence electrons. The van der Waals surface area contributed by atoms with Crippen molar-refractivity contribution in [1.82, 2.24) is 9.47 Å². The molecule has 1 aliphatic heterocycles. The van der Waals surface area contributed by atoms with E-state index in [1.54, 1.807) is 20.4 Å². The Morgan fingerprint density at radius 2 is 1.76 bits per heavy atom. The Hall–Kier alpha value is -3.58. The molecule has 1 unspecified atom stereocenters. The number of rotatable bonds is 7. The molecular weight excluding hydrogens is 430 g/mol. The summed E-state index contributed by atoms with van der Waals surface area (Å²) in [6.45, 7) is 4.51. The average Bonchev–Trinajstić information content (AvgIpc) is 3.23. The van der Waals surface area contributed by atoms with Crippen molar-refractivity contribution < 1.29 is 19.0 Å². The number of fused-ring (bicyclic) bond motifs is 1. The Labute approximate surface area is 200 Å². The number of ether oxygens (including phenoxy) is 3. The Morgan fingerprint density at radius 1 is 1.06 bits per heavy atom. The van der Waals surface area contributed by atoms with Crippen molar-refractivity contribution in [2.75, 3.05) is 21.3 Å². The van der Waals surface area contributed by atoms with Gasteiger partial charge in [0.25, 0.3) is 0 Å². The van der Waals surface area contributed by atoms with Crippen LogP contribution in [0.5, 0.6) is 0 Å². The summed E-state index contributed by atoms with van der Waals surface area (Å²) in [6.07, 6.45) is 1.71. The maximum Gasteiger partial charge on any atom is 0.418 e. The number of aliphatic imine (C=N–C) groups is 1. The van der Waals surface area contributed by atoms with Gasteiger partial charge in [0.05, 0.1) is 18.3 Å². The van der Waals surface area contributed by atoms with E-state index in [1.807, 2.05) is 61.6 Å². The largest absolute Gasteiger partial charge is 0.480 e. The highest BCUT2D eigenvalue weighted by Gasteiger charge is 2.33. The van der Waals surface area contributed by atoms with E-state index < -0.39 is 12.3 Å². The number of carbonyl (C=O) groups is 1. The molecule has 1 aliphatic rings. The molecule has 7 heteroatoms. The molecule has 3 aromatic rings. The van der Waals surface area contributed by atoms with Crippen molar-refractivity contribution in [2.24, 2.45) is 10.9 Å². The van der Waals surface area contributed by atoms with Crippen LogP contribution in [-0.4, -0.2) is 48.8 Å². The van der Waals surface area contributed by atoms with E-state index in [2.05, 4.69) is 18.7 Å². The van der Waals surface area contributed by atoms with E-state index in [-0.39, 0.29) is 6.61 Å². The molecule has 0 aliphatic carbocycles. The third-order valence-corrected chi connectivity index (χ3v) is 5.89. The van der Waals surface area contributed by atoms with Gasteiger partial charge in [-0.2, -0.15) is 0 Å². The molecule has 34 heavy (non-hydrogen) atoms. The SMILES string of the molecule is COC1=C(CC(C)C)N(C)C(OC)C(c2cn(C(=O)OCc3ccccc3)c3ccccc23)=N1. The van der Waals surface area contributed by atoms with Gasteiger partial charge >= 0.3 is 6.09 Å². The first-order chi connectivity index (χ1) is 16.4. The monoisotopic (exact) mass is 461 g/mol. The van der Waals surface area contributed by atoms with Crippen LogP contribution in [0, 0.1) is 5.92 Å². The van der Waals surface area contributed by atoms with Crippen molar-refractivity contribution in [3.8, 4) is 0 Å². The molecule has 0 saturated carbocycles. The van der Waals surface area contributed by atoms with E-state index in [0.29, 0.717) is 17.5 Å². The standard InChI is InChI=1S/C27H31N3O4/c1-18(2)15-23-25(32-4)28-24(26(33-5)29(23)3)21-16-30(22-14-10-9-13-20(21)22)27(31)34-17-19-11-7-6-8-12-19/h6-14,16,18,26H,15,17H2,1-5H3. The lowest BCUT2D eigenvalue weighted by Crippen LogP contribution is -2.43. The molecular formula is C27H31N3O4. The van der Waals surface area contributed by atoms with Crippen LogP contribution >= 0.6 is 0 Å². The Kier molecular flexibility index (Phi) is 7.03. The summed E-state index contributed by atoms with van der Waals surface area (Å²) in [7, 11) is 5.27. The van der Waals surface area contributed by atoms with E-state index in [9.17, 15) is 4.79 Å². The Balaban J connectivity index is 1.76. The lowest BCUT2D eigenvalue weighted by atomic mass is 10.0. The second-order valence-electron chi connectivity index (χ2n) is 8.72. The van der Waals surface area contributed by atoms with Gasteiger partial charge in [-0.1, -0.05) is 62.4 Å². The van der Waals surface area contributed by atoms with Crippen LogP contribution in [0.15, 0.2) is 77.4 Å². The molecule has 1 atom stereocenters. The van der Waals surface area contributed by atoms with Crippen LogP contribution < -0.4 is 0 Å². The van der Waals surface area contributed by atoms with E-state index in [0.717, 1.165) is 34.1 Å². The number of methoxy groups -OCH3 is 2. The van der Waals surface area contributed by atoms with Gasteiger partial charge in [-0.15, -0.1) is 0 Å². The van der Waals surface area contributed by atoms with Crippen molar-refractivity contribution in [2.45, 2.75) is 33.1 Å². The summed E-state index contributed by atoms with van der Waals surface area (Å²) < 4.78 is 18.7. The van der Waals surface area contributed by atoms with Crippen molar-refractivity contribution in [3.63, 3.8) is 0 Å². The van der Waals surface area contributed by atoms with Gasteiger partial charge in [-0.05, 0) is 24.0 Å². The van der Waals surface area contributed by atoms with Crippen molar-refractivity contribution in [3.05, 3.63) is 83.5 Å². The minimum absolute atomic E-state index is 0.195. The van der Waals surface area contributed by atoms with Crippen LogP contribution in [0.3, 0.4) is 0 Å². The Bertz CT molecular complexity index is 1230. The highest BCUT2D eigenvalue weighted by Crippen LogP contribution is 2.32. The van der Waals surface area contributed by atoms with Crippen molar-refractivity contribution in [1.29, 1.82) is 0 Å². The summed E-state index contributed by atoms with van der Waals surface area (Å²) in [5.41, 5.74) is 4.13. The Morgan fingerprint density at radius 3 is 2.44 bits per heavy atom. The zero-order valence-electron chi connectivity index (χ0n) is 20.3. The second kappa shape index (κ2) is 10.1. The van der Waals surface area contributed by atoms with Gasteiger partial charge in [-0.25, -0.2) is 9.79 Å². The van der Waals surface area contributed by atoms with Gasteiger partial charge in [0, 0.05) is 31.3 Å². The number of benzene rings is 2. The fourth-order valence-corrected chi connectivity index (χ4v) is 4.27. The second-order valence-corrected chi connectivity index (χ2v) is 8.72. The normalized spacial score (nSPS) is 16.2. The molecule has 1 aromatic heterocycles. The molecule has 0 fully saturated rings. The minimum Gasteiger partial charge on any atom is -0.480 e. The number of allylic oxidation sites excluding steroid dienone is 1. The molecule has 2 aromatic carbocycles. The van der Waals surface area contributed by atoms with Gasteiger partial charge in [0.15, 0.2) is 6.23 Å². The molecule has 0 saturated heterocycles. The fourth-order valence-electron chi connectivity index (χ4n) is 4.27. The van der Waals surface area contributed by atoms with Crippen LogP contribution in [0.1, 0.15) is 31.4 Å². The van der Waals surface area contributed by atoms with Crippen LogP contribution in [-0.2, 0) is 20.8 Å². The molecule has 0 bridgehead atoms. The number of likely N-dealkylation sites (N-methyl/N-ethyl adjacent to an activating group) is 1. The third-order valence-electron chi connectivity index (χ3n) is 5.89. The van der Waals surface area contributed by atoms with Crippen LogP contribution in [0.4, 0.5) is 4.79 Å². The van der Waals surface area contributed by atoms with Crippen LogP contribution in [0.25, 0.3) is 10.9 Å². The predicted molar refractivity (Wildman–Crippen MR) is 133 cm³/mol. The molecule has 0 radical (unpaired) electrons. The average molecular weight is 462 g/mol. The predicted octanol–water partition coefficient (Wildman–Crippen LogP) is 5.39. The summed E-state index contributed by atoms with van der Waals surface area (Å²) in [6, 6.07) is 17.3. The third kappa shape index (κ3) is 4.56. The lowest BCUT2D eigenvalue weighted by Gasteiger charge is -2.36. The number of carbonyl (C=O) groups excluding carboxylic acids is 1. The highest BCUT2D eigenvalue weighted by molar-refractivity contribution is 6.14. The van der Waals surface area contributed by atoms with E-state index >= 15 is 0 Å². The summed E-state index contributed by atoms with van der Waals surface area (Å²) in [5.74, 6) is 0.987. The van der Waals surface area contributed by atoms with Gasteiger partial charge in [0.2, 0.25) is 5.88 Å². The number of para-hydroxylation sites is 1. The summed E-state index contributed by atoms with van der Waals surface area (Å²) in [4.78, 5) is 20.0. The number of hydrogen-bond donors (Lipinski definition) is 0. The zero-order chi connectivity index (χ0) is 24.2. The molecule has 0 amide bonds. The van der Waals surface area contributed by atoms with Gasteiger partial charge in [0.1, 0.15) is 12.3 Å². The summed E-state index contributed by atoms with van der Waals surface area (Å²) >= 11 is 0. The molecule has 0 spiro atoms. The van der Waals surface area contributed by atoms with Gasteiger partial charge < -0.3 is 19.1 Å². The molecule has 0 N–H and O–H groups in total. The van der Waals surface area contributed by atoms with Gasteiger partial charge in [-0.3, -0.25) is 4.57 Å². The maximum absolute atomic E-state index is 13.1. The first-order valence-corrected chi connectivity index (χ1v) is 11.4. The maximum atomic E-state index is 13.1. The number of aromatic nitrogens is 1. The highest BCUT2D eigenvalue weighted by atomic mass is 16.5. The quantitative estimate of drug-likeness (QED) is 0.472. The fraction of sp³-hybridized carbons (Fsp3) is 0.333. The topological polar surface area (TPSA) is 65.3 Å². The van der Waals surface area contributed by atoms with Crippen molar-refractivity contribution >= 4 is 22.7 Å². The molecule has 2 heterocycles. The van der Waals surface area contributed by atoms with E-state index in [4.69, 9.17) is 19.2 Å². The summed E-state index contributed by atoms with van der Waals surface area (Å²) in [5, 5.41) is 0.885. The number of nitrogens with zero attached hydrogens (tertiary/aromatic N) is 3. The molecule has 4 rings (SSSR count). The van der Waals surface area contributed by atoms with E-state index in [1.165, 1.54) is 4.57 Å². The molecule has 7 nitrogen and oxygen atoms in total. The first kappa shape index (κ1) is 23.6. The minimum atomic E-state index is -0.451. The zero-order valence-corrected chi connectivity index (χ0v) is 20.3. The van der Waals surface area contributed by atoms with Crippen LogP contribution in [0.2, 0.25) is 0 Å². The smallest absolute Gasteiger partial charge is 0.418 e. The lowest BCUT2D eigenvalue weighted by molar-refractivity contribution is 0.0420. The number of hydrogen-bond acceptors (Lipinski definition) is 6. The first-order valence-electron chi connectivity index (χ1n) is 11.4.